The van der Waals surface area contributed by atoms with Crippen molar-refractivity contribution >= 4 is 45.1 Å². The van der Waals surface area contributed by atoms with E-state index in [1.54, 1.807) is 0 Å². The van der Waals surface area contributed by atoms with Gasteiger partial charge >= 0.3 is 0 Å². The molecule has 2 heterocycles. The van der Waals surface area contributed by atoms with Crippen molar-refractivity contribution in [1.82, 2.24) is 9.97 Å². The molecular weight excluding hydrogens is 449 g/mol. The molecule has 1 aliphatic rings. The summed E-state index contributed by atoms with van der Waals surface area (Å²) in [5.74, 6) is 1.42. The molecule has 1 aromatic carbocycles. The summed E-state index contributed by atoms with van der Waals surface area (Å²) in [4.78, 5) is 21.1. The fraction of sp³-hybridized carbons (Fsp3) is 0.318. The average Bonchev–Trinajstić information content (AvgIpc) is 3.47. The van der Waals surface area contributed by atoms with E-state index in [9.17, 15) is 4.79 Å². The number of pyridine rings is 2. The smallest absolute Gasteiger partial charge is 0.228 e. The lowest BCUT2D eigenvalue weighted by atomic mass is 9.98. The van der Waals surface area contributed by atoms with Gasteiger partial charge in [-0.25, -0.2) is 4.98 Å². The number of hydrogen-bond donors (Lipinski definition) is 1. The minimum absolute atomic E-state index is 0.0973. The number of amides is 1. The molecule has 138 valence electrons. The number of carbonyl (C=O) groups is 1. The van der Waals surface area contributed by atoms with Crippen LogP contribution in [-0.4, -0.2) is 15.9 Å². The van der Waals surface area contributed by atoms with Gasteiger partial charge in [0, 0.05) is 39.0 Å². The average molecular weight is 471 g/mol. The Bertz CT molecular complexity index is 1020. The molecule has 0 spiro atoms. The molecule has 3 aromatic rings. The second-order valence-corrected chi connectivity index (χ2v) is 8.30. The van der Waals surface area contributed by atoms with Gasteiger partial charge in [-0.15, -0.1) is 0 Å². The van der Waals surface area contributed by atoms with Gasteiger partial charge in [0.1, 0.15) is 5.82 Å². The minimum atomic E-state index is 0.0973. The number of nitrogens with one attached hydrogen (secondary N) is 1. The Hall–Kier alpha value is -2.02. The third-order valence-electron chi connectivity index (χ3n) is 5.42. The van der Waals surface area contributed by atoms with Crippen molar-refractivity contribution in [3.63, 3.8) is 0 Å². The monoisotopic (exact) mass is 471 g/mol. The molecule has 27 heavy (non-hydrogen) atoms. The first kappa shape index (κ1) is 18.3. The van der Waals surface area contributed by atoms with Crippen LogP contribution in [0.5, 0.6) is 0 Å². The van der Waals surface area contributed by atoms with Crippen molar-refractivity contribution in [3.05, 3.63) is 52.0 Å². The van der Waals surface area contributed by atoms with E-state index < -0.39 is 0 Å². The van der Waals surface area contributed by atoms with E-state index in [4.69, 9.17) is 0 Å². The van der Waals surface area contributed by atoms with Crippen LogP contribution in [0.4, 0.5) is 5.82 Å². The van der Waals surface area contributed by atoms with Gasteiger partial charge in [-0.05, 0) is 82.1 Å². The highest BCUT2D eigenvalue weighted by Gasteiger charge is 2.41. The van der Waals surface area contributed by atoms with E-state index in [2.05, 4.69) is 69.9 Å². The molecule has 0 radical (unpaired) electrons. The van der Waals surface area contributed by atoms with Crippen LogP contribution in [0.15, 0.2) is 42.9 Å². The molecule has 4 rings (SSSR count). The largest absolute Gasteiger partial charge is 0.310 e. The van der Waals surface area contributed by atoms with Crippen LogP contribution in [0, 0.1) is 15.4 Å². The highest BCUT2D eigenvalue weighted by Crippen LogP contribution is 2.41. The Morgan fingerprint density at radius 1 is 1.26 bits per heavy atom. The van der Waals surface area contributed by atoms with Gasteiger partial charge in [0.15, 0.2) is 0 Å². The van der Waals surface area contributed by atoms with Crippen LogP contribution in [0.25, 0.3) is 21.9 Å². The summed E-state index contributed by atoms with van der Waals surface area (Å²) in [7, 11) is 0. The summed E-state index contributed by atoms with van der Waals surface area (Å²) in [6, 6.07) is 8.39. The van der Waals surface area contributed by atoms with E-state index in [1.807, 2.05) is 24.7 Å². The van der Waals surface area contributed by atoms with Crippen LogP contribution >= 0.6 is 22.6 Å². The summed E-state index contributed by atoms with van der Waals surface area (Å²) < 4.78 is 1.14. The first-order valence-corrected chi connectivity index (χ1v) is 10.5. The number of fused-ring (bicyclic) bond motifs is 1. The molecule has 1 aliphatic carbocycles. The van der Waals surface area contributed by atoms with Crippen molar-refractivity contribution < 1.29 is 4.79 Å². The second kappa shape index (κ2) is 7.54. The lowest BCUT2D eigenvalue weighted by Crippen LogP contribution is -2.15. The van der Waals surface area contributed by atoms with Crippen molar-refractivity contribution in [3.8, 4) is 11.1 Å². The predicted octanol–water partition coefficient (Wildman–Crippen LogP) is 5.45. The van der Waals surface area contributed by atoms with Crippen LogP contribution in [0.1, 0.15) is 32.3 Å². The third-order valence-corrected chi connectivity index (χ3v) is 6.32. The minimum Gasteiger partial charge on any atom is -0.310 e. The van der Waals surface area contributed by atoms with Crippen molar-refractivity contribution in [2.24, 2.45) is 11.8 Å². The fourth-order valence-electron chi connectivity index (χ4n) is 3.67. The Morgan fingerprint density at radius 3 is 2.85 bits per heavy atom. The third kappa shape index (κ3) is 3.70. The summed E-state index contributed by atoms with van der Waals surface area (Å²) in [5.41, 5.74) is 3.58. The van der Waals surface area contributed by atoms with Gasteiger partial charge in [-0.1, -0.05) is 20.3 Å². The Kier molecular flexibility index (Phi) is 5.12. The van der Waals surface area contributed by atoms with Gasteiger partial charge in [0.2, 0.25) is 5.91 Å². The molecule has 0 aliphatic heterocycles. The number of rotatable bonds is 5. The molecule has 0 bridgehead atoms. The van der Waals surface area contributed by atoms with E-state index in [0.29, 0.717) is 11.7 Å². The van der Waals surface area contributed by atoms with Gasteiger partial charge in [-0.3, -0.25) is 9.78 Å². The van der Waals surface area contributed by atoms with E-state index in [-0.39, 0.29) is 11.8 Å². The summed E-state index contributed by atoms with van der Waals surface area (Å²) >= 11 is 2.35. The number of anilines is 1. The highest BCUT2D eigenvalue weighted by atomic mass is 127. The molecule has 2 aromatic heterocycles. The number of aryl methyl sites for hydroxylation is 1. The SMILES string of the molecule is CCc1ccncc1-c1cc(I)c2cnc(NC(=O)[C@@H]3C[C@@H]3CC)cc2c1. The van der Waals surface area contributed by atoms with Gasteiger partial charge in [0.25, 0.3) is 0 Å². The quantitative estimate of drug-likeness (QED) is 0.504. The van der Waals surface area contributed by atoms with Gasteiger partial charge in [-0.2, -0.15) is 0 Å². The van der Waals surface area contributed by atoms with Crippen molar-refractivity contribution in [1.29, 1.82) is 0 Å². The first-order chi connectivity index (χ1) is 13.1. The molecule has 2 atom stereocenters. The normalized spacial score (nSPS) is 18.5. The van der Waals surface area contributed by atoms with Crippen molar-refractivity contribution in [2.75, 3.05) is 5.32 Å². The highest BCUT2D eigenvalue weighted by molar-refractivity contribution is 14.1. The molecule has 4 nitrogen and oxygen atoms in total. The van der Waals surface area contributed by atoms with Gasteiger partial charge in [0.05, 0.1) is 0 Å². The number of nitrogens with zero attached hydrogens (tertiary/aromatic N) is 2. The maximum atomic E-state index is 12.4. The van der Waals surface area contributed by atoms with Crippen molar-refractivity contribution in [2.45, 2.75) is 33.1 Å². The standard InChI is InChI=1S/C22H22IN3O/c1-3-13-5-6-24-11-18(13)15-7-16-10-21(25-12-19(16)20(23)9-15)26-22(27)17-8-14(17)4-2/h5-7,9-12,14,17H,3-4,8H2,1-2H3,(H,25,26,27)/t14-,17+/m0/s1. The van der Waals surface area contributed by atoms with Crippen LogP contribution in [-0.2, 0) is 11.2 Å². The molecule has 0 saturated heterocycles. The number of hydrogen-bond acceptors (Lipinski definition) is 3. The molecule has 1 saturated carbocycles. The lowest BCUT2D eigenvalue weighted by Gasteiger charge is -2.11. The number of aromatic nitrogens is 2. The number of carbonyl (C=O) groups excluding carboxylic acids is 1. The maximum Gasteiger partial charge on any atom is 0.228 e. The molecule has 1 fully saturated rings. The summed E-state index contributed by atoms with van der Waals surface area (Å²) in [6.45, 7) is 4.29. The summed E-state index contributed by atoms with van der Waals surface area (Å²) in [5, 5.41) is 5.17. The zero-order valence-corrected chi connectivity index (χ0v) is 17.7. The summed E-state index contributed by atoms with van der Waals surface area (Å²) in [6.07, 6.45) is 8.65. The second-order valence-electron chi connectivity index (χ2n) is 7.13. The molecular formula is C22H22IN3O. The van der Waals surface area contributed by atoms with E-state index in [0.717, 1.165) is 44.7 Å². The fourth-order valence-corrected chi connectivity index (χ4v) is 4.45. The zero-order valence-electron chi connectivity index (χ0n) is 15.5. The molecule has 1 N–H and O–H groups in total. The van der Waals surface area contributed by atoms with Gasteiger partial charge < -0.3 is 5.32 Å². The van der Waals surface area contributed by atoms with Crippen LogP contribution < -0.4 is 5.32 Å². The topological polar surface area (TPSA) is 54.9 Å². The number of halogens is 1. The Labute approximate surface area is 172 Å². The lowest BCUT2D eigenvalue weighted by molar-refractivity contribution is -0.117. The number of benzene rings is 1. The maximum absolute atomic E-state index is 12.4. The van der Waals surface area contributed by atoms with Crippen LogP contribution in [0.3, 0.4) is 0 Å². The van der Waals surface area contributed by atoms with E-state index in [1.165, 1.54) is 5.56 Å². The predicted molar refractivity (Wildman–Crippen MR) is 118 cm³/mol. The van der Waals surface area contributed by atoms with Crippen LogP contribution in [0.2, 0.25) is 0 Å². The zero-order chi connectivity index (χ0) is 19.0. The molecule has 0 unspecified atom stereocenters. The first-order valence-electron chi connectivity index (χ1n) is 9.44. The van der Waals surface area contributed by atoms with E-state index >= 15 is 0 Å². The molecule has 5 heteroatoms. The Morgan fingerprint density at radius 2 is 2.11 bits per heavy atom. The Balaban J connectivity index is 1.69. The molecule has 1 amide bonds.